The van der Waals surface area contributed by atoms with Gasteiger partial charge < -0.3 is 9.67 Å². The molecule has 2 aromatic heterocycles. The third-order valence-corrected chi connectivity index (χ3v) is 2.97. The minimum atomic E-state index is 0.250. The Morgan fingerprint density at radius 3 is 2.94 bits per heavy atom. The van der Waals surface area contributed by atoms with Gasteiger partial charge in [-0.3, -0.25) is 4.98 Å². The van der Waals surface area contributed by atoms with Crippen molar-refractivity contribution in [3.05, 3.63) is 42.7 Å². The maximum absolute atomic E-state index is 9.56. The molecule has 0 unspecified atom stereocenters. The summed E-state index contributed by atoms with van der Waals surface area (Å²) in [4.78, 5) is 8.67. The highest BCUT2D eigenvalue weighted by atomic mass is 16.3. The maximum Gasteiger partial charge on any atom is 0.141 e. The molecule has 0 atom stereocenters. The molecule has 0 aliphatic carbocycles. The van der Waals surface area contributed by atoms with Gasteiger partial charge in [-0.15, -0.1) is 0 Å². The summed E-state index contributed by atoms with van der Waals surface area (Å²) in [6, 6.07) is 9.10. The Morgan fingerprint density at radius 1 is 1.28 bits per heavy atom. The third kappa shape index (κ3) is 1.62. The van der Waals surface area contributed by atoms with Crippen LogP contribution in [0.3, 0.4) is 0 Å². The molecule has 0 bridgehead atoms. The molecule has 1 N–H and O–H groups in total. The van der Waals surface area contributed by atoms with Gasteiger partial charge in [0.1, 0.15) is 17.1 Å². The van der Waals surface area contributed by atoms with Gasteiger partial charge in [0.05, 0.1) is 11.7 Å². The molecule has 3 aromatic rings. The van der Waals surface area contributed by atoms with Crippen LogP contribution in [0.15, 0.2) is 42.7 Å². The van der Waals surface area contributed by atoms with Crippen LogP contribution in [-0.2, 0) is 6.54 Å². The van der Waals surface area contributed by atoms with E-state index in [-0.39, 0.29) is 5.75 Å². The highest BCUT2D eigenvalue weighted by Crippen LogP contribution is 2.26. The van der Waals surface area contributed by atoms with E-state index in [0.29, 0.717) is 0 Å². The zero-order valence-electron chi connectivity index (χ0n) is 10.0. The van der Waals surface area contributed by atoms with Crippen LogP contribution in [0.5, 0.6) is 5.75 Å². The van der Waals surface area contributed by atoms with Crippen LogP contribution >= 0.6 is 0 Å². The van der Waals surface area contributed by atoms with Crippen LogP contribution in [0.25, 0.3) is 22.4 Å². The molecule has 0 aliphatic rings. The van der Waals surface area contributed by atoms with Gasteiger partial charge in [0.15, 0.2) is 0 Å². The molecule has 0 radical (unpaired) electrons. The average Bonchev–Trinajstić information content (AvgIpc) is 2.77. The number of rotatable bonds is 2. The van der Waals surface area contributed by atoms with Crippen molar-refractivity contribution < 1.29 is 5.11 Å². The monoisotopic (exact) mass is 239 g/mol. The Balaban J connectivity index is 2.28. The standard InChI is InChI=1S/C14H13N3O/c1-2-17-13-6-7-15-9-12(13)16-14(17)10-4-3-5-11(18)8-10/h3-9,18H,2H2,1H3. The van der Waals surface area contributed by atoms with Crippen LogP contribution in [-0.4, -0.2) is 19.6 Å². The molecule has 0 amide bonds. The quantitative estimate of drug-likeness (QED) is 0.748. The molecular formula is C14H13N3O. The normalized spacial score (nSPS) is 10.9. The Morgan fingerprint density at radius 2 is 2.17 bits per heavy atom. The molecule has 2 heterocycles. The minimum absolute atomic E-state index is 0.250. The molecule has 0 saturated carbocycles. The second-order valence-electron chi connectivity index (χ2n) is 4.09. The van der Waals surface area contributed by atoms with Crippen molar-refractivity contribution in [3.63, 3.8) is 0 Å². The van der Waals surface area contributed by atoms with Crippen LogP contribution < -0.4 is 0 Å². The van der Waals surface area contributed by atoms with Gasteiger partial charge in [-0.05, 0) is 25.1 Å². The molecule has 1 aromatic carbocycles. The summed E-state index contributed by atoms with van der Waals surface area (Å²) in [6.45, 7) is 2.90. The number of phenols is 1. The van der Waals surface area contributed by atoms with Crippen molar-refractivity contribution in [2.75, 3.05) is 0 Å². The van der Waals surface area contributed by atoms with Gasteiger partial charge in [0.25, 0.3) is 0 Å². The van der Waals surface area contributed by atoms with E-state index < -0.39 is 0 Å². The molecule has 3 rings (SSSR count). The number of aromatic hydroxyl groups is 1. The number of aryl methyl sites for hydroxylation is 1. The van der Waals surface area contributed by atoms with E-state index in [1.807, 2.05) is 18.2 Å². The van der Waals surface area contributed by atoms with E-state index in [9.17, 15) is 5.11 Å². The smallest absolute Gasteiger partial charge is 0.141 e. The fourth-order valence-corrected chi connectivity index (χ4v) is 2.17. The second kappa shape index (κ2) is 4.14. The number of benzene rings is 1. The first kappa shape index (κ1) is 10.8. The lowest BCUT2D eigenvalue weighted by Crippen LogP contribution is -1.97. The molecule has 90 valence electrons. The maximum atomic E-state index is 9.56. The highest BCUT2D eigenvalue weighted by Gasteiger charge is 2.11. The van der Waals surface area contributed by atoms with Gasteiger partial charge in [0, 0.05) is 18.3 Å². The van der Waals surface area contributed by atoms with Crippen molar-refractivity contribution in [1.82, 2.24) is 14.5 Å². The minimum Gasteiger partial charge on any atom is -0.508 e. The van der Waals surface area contributed by atoms with Crippen molar-refractivity contribution in [3.8, 4) is 17.1 Å². The largest absolute Gasteiger partial charge is 0.508 e. The van der Waals surface area contributed by atoms with E-state index in [1.54, 1.807) is 24.5 Å². The number of phenolic OH excluding ortho intramolecular Hbond substituents is 1. The fraction of sp³-hybridized carbons (Fsp3) is 0.143. The summed E-state index contributed by atoms with van der Waals surface area (Å²) in [7, 11) is 0. The van der Waals surface area contributed by atoms with Crippen LogP contribution in [0, 0.1) is 0 Å². The Kier molecular flexibility index (Phi) is 2.48. The lowest BCUT2D eigenvalue weighted by Gasteiger charge is -2.06. The van der Waals surface area contributed by atoms with Crippen molar-refractivity contribution in [1.29, 1.82) is 0 Å². The predicted octanol–water partition coefficient (Wildman–Crippen LogP) is 2.82. The second-order valence-corrected chi connectivity index (χ2v) is 4.09. The first-order valence-corrected chi connectivity index (χ1v) is 5.89. The van der Waals surface area contributed by atoms with Gasteiger partial charge >= 0.3 is 0 Å². The van der Waals surface area contributed by atoms with Crippen LogP contribution in [0.1, 0.15) is 6.92 Å². The Bertz CT molecular complexity index is 703. The summed E-state index contributed by atoms with van der Waals surface area (Å²) in [5, 5.41) is 9.56. The molecule has 0 aliphatic heterocycles. The van der Waals surface area contributed by atoms with Crippen LogP contribution in [0.4, 0.5) is 0 Å². The lowest BCUT2D eigenvalue weighted by atomic mass is 10.2. The first-order valence-electron chi connectivity index (χ1n) is 5.89. The number of imidazole rings is 1. The average molecular weight is 239 g/mol. The summed E-state index contributed by atoms with van der Waals surface area (Å²) >= 11 is 0. The lowest BCUT2D eigenvalue weighted by molar-refractivity contribution is 0.475. The van der Waals surface area contributed by atoms with E-state index in [2.05, 4.69) is 21.5 Å². The number of pyridine rings is 1. The predicted molar refractivity (Wildman–Crippen MR) is 70.3 cm³/mol. The molecule has 0 saturated heterocycles. The summed E-state index contributed by atoms with van der Waals surface area (Å²) < 4.78 is 2.12. The molecule has 4 heteroatoms. The number of fused-ring (bicyclic) bond motifs is 1. The van der Waals surface area contributed by atoms with Crippen LogP contribution in [0.2, 0.25) is 0 Å². The van der Waals surface area contributed by atoms with Gasteiger partial charge in [-0.2, -0.15) is 0 Å². The topological polar surface area (TPSA) is 50.9 Å². The Labute approximate surface area is 105 Å². The summed E-state index contributed by atoms with van der Waals surface area (Å²) in [5.41, 5.74) is 2.84. The summed E-state index contributed by atoms with van der Waals surface area (Å²) in [5.74, 6) is 1.11. The number of hydrogen-bond acceptors (Lipinski definition) is 3. The van der Waals surface area contributed by atoms with Gasteiger partial charge in [-0.1, -0.05) is 12.1 Å². The molecule has 0 fully saturated rings. The highest BCUT2D eigenvalue weighted by molar-refractivity contribution is 5.79. The molecule has 18 heavy (non-hydrogen) atoms. The summed E-state index contributed by atoms with van der Waals surface area (Å²) in [6.07, 6.45) is 3.52. The zero-order valence-corrected chi connectivity index (χ0v) is 10.0. The Hall–Kier alpha value is -2.36. The number of hydrogen-bond donors (Lipinski definition) is 1. The van der Waals surface area contributed by atoms with E-state index in [0.717, 1.165) is 29.0 Å². The molecule has 0 spiro atoms. The van der Waals surface area contributed by atoms with Gasteiger partial charge in [-0.25, -0.2) is 4.98 Å². The first-order chi connectivity index (χ1) is 8.79. The molecular weight excluding hydrogens is 226 g/mol. The number of nitrogens with zero attached hydrogens (tertiary/aromatic N) is 3. The van der Waals surface area contributed by atoms with E-state index in [4.69, 9.17) is 0 Å². The van der Waals surface area contributed by atoms with Crippen molar-refractivity contribution in [2.24, 2.45) is 0 Å². The molecule has 4 nitrogen and oxygen atoms in total. The van der Waals surface area contributed by atoms with Crippen molar-refractivity contribution >= 4 is 11.0 Å². The zero-order chi connectivity index (χ0) is 12.5. The SMILES string of the molecule is CCn1c(-c2cccc(O)c2)nc2cnccc21. The van der Waals surface area contributed by atoms with Gasteiger partial charge in [0.2, 0.25) is 0 Å². The van der Waals surface area contributed by atoms with E-state index >= 15 is 0 Å². The number of aromatic nitrogens is 3. The van der Waals surface area contributed by atoms with Crippen molar-refractivity contribution in [2.45, 2.75) is 13.5 Å². The fourth-order valence-electron chi connectivity index (χ4n) is 2.17. The van der Waals surface area contributed by atoms with E-state index in [1.165, 1.54) is 0 Å². The third-order valence-electron chi connectivity index (χ3n) is 2.97.